The smallest absolute Gasteiger partial charge is 0.337 e. The zero-order valence-electron chi connectivity index (χ0n) is 21.2. The Morgan fingerprint density at radius 3 is 2.62 bits per heavy atom. The molecule has 1 unspecified atom stereocenters. The number of thioether (sulfide) groups is 1. The topological polar surface area (TPSA) is 121 Å². The van der Waals surface area contributed by atoms with E-state index in [1.807, 2.05) is 32.0 Å². The first-order valence-electron chi connectivity index (χ1n) is 11.5. The molecule has 37 heavy (non-hydrogen) atoms. The van der Waals surface area contributed by atoms with E-state index in [4.69, 9.17) is 9.47 Å². The van der Waals surface area contributed by atoms with Crippen LogP contribution in [0, 0.1) is 25.2 Å². The van der Waals surface area contributed by atoms with E-state index < -0.39 is 11.9 Å². The number of anilines is 1. The van der Waals surface area contributed by atoms with Crippen LogP contribution in [0.2, 0.25) is 0 Å². The van der Waals surface area contributed by atoms with Gasteiger partial charge in [0.25, 0.3) is 0 Å². The van der Waals surface area contributed by atoms with Gasteiger partial charge in [0.2, 0.25) is 5.91 Å². The molecule has 9 heteroatoms. The number of ether oxygens (including phenoxy) is 2. The van der Waals surface area contributed by atoms with Crippen LogP contribution < -0.4 is 15.4 Å². The van der Waals surface area contributed by atoms with Crippen molar-refractivity contribution in [3.63, 3.8) is 0 Å². The average molecular weight is 520 g/mol. The fourth-order valence-corrected chi connectivity index (χ4v) is 4.76. The lowest BCUT2D eigenvalue weighted by Gasteiger charge is -2.29. The summed E-state index contributed by atoms with van der Waals surface area (Å²) in [5.74, 6) is -1.48. The number of esters is 1. The van der Waals surface area contributed by atoms with Gasteiger partial charge in [0.15, 0.2) is 11.5 Å². The van der Waals surface area contributed by atoms with Crippen molar-refractivity contribution >= 4 is 29.3 Å². The molecule has 1 aliphatic heterocycles. The number of nitriles is 1. The molecule has 2 aromatic rings. The van der Waals surface area contributed by atoms with Gasteiger partial charge in [0.05, 0.1) is 41.0 Å². The molecule has 0 spiro atoms. The lowest BCUT2D eigenvalue weighted by molar-refractivity contribution is -0.138. The number of carbonyl (C=O) groups excluding carboxylic acids is 2. The summed E-state index contributed by atoms with van der Waals surface area (Å²) in [6.45, 7) is 9.26. The highest BCUT2D eigenvalue weighted by Crippen LogP contribution is 2.43. The second-order valence-electron chi connectivity index (χ2n) is 8.41. The number of methoxy groups -OCH3 is 1. The standard InChI is InChI=1S/C28H29N3O5S/c1-6-11-36-28(34)25-18(4)30-27(37-15-24(33)31-20-9-7-16(2)17(3)12-20)21(14-29)26(25)19-8-10-22(32)23(13-19)35-5/h6-10,12-13,26,30,32H,1,11,15H2,2-5H3,(H,31,33). The average Bonchev–Trinajstić information content (AvgIpc) is 2.88. The summed E-state index contributed by atoms with van der Waals surface area (Å²) in [4.78, 5) is 25.7. The van der Waals surface area contributed by atoms with Gasteiger partial charge in [-0.2, -0.15) is 5.26 Å². The minimum Gasteiger partial charge on any atom is -0.504 e. The molecule has 8 nitrogen and oxygen atoms in total. The Bertz CT molecular complexity index is 1340. The number of amides is 1. The third-order valence-corrected chi connectivity index (χ3v) is 6.89. The number of allylic oxidation sites excluding steroid dienone is 2. The van der Waals surface area contributed by atoms with Crippen LogP contribution in [-0.4, -0.2) is 36.5 Å². The van der Waals surface area contributed by atoms with Crippen LogP contribution in [0.25, 0.3) is 0 Å². The number of aryl methyl sites for hydroxylation is 2. The molecule has 0 saturated heterocycles. The zero-order chi connectivity index (χ0) is 27.1. The summed E-state index contributed by atoms with van der Waals surface area (Å²) in [6, 6.07) is 12.5. The second-order valence-corrected chi connectivity index (χ2v) is 9.39. The molecule has 1 amide bonds. The number of nitrogens with zero attached hydrogens (tertiary/aromatic N) is 1. The first kappa shape index (κ1) is 27.4. The van der Waals surface area contributed by atoms with Gasteiger partial charge >= 0.3 is 5.97 Å². The summed E-state index contributed by atoms with van der Waals surface area (Å²) >= 11 is 1.16. The Morgan fingerprint density at radius 2 is 1.97 bits per heavy atom. The fraction of sp³-hybridized carbons (Fsp3) is 0.250. The monoisotopic (exact) mass is 519 g/mol. The van der Waals surface area contributed by atoms with Gasteiger partial charge in [-0.15, -0.1) is 0 Å². The third kappa shape index (κ3) is 6.35. The van der Waals surface area contributed by atoms with Gasteiger partial charge < -0.3 is 25.2 Å². The Labute approximate surface area is 220 Å². The number of rotatable bonds is 9. The van der Waals surface area contributed by atoms with Gasteiger partial charge in [-0.3, -0.25) is 4.79 Å². The van der Waals surface area contributed by atoms with Crippen molar-refractivity contribution in [3.8, 4) is 17.6 Å². The summed E-state index contributed by atoms with van der Waals surface area (Å²) in [7, 11) is 1.41. The normalized spacial score (nSPS) is 14.9. The first-order valence-corrected chi connectivity index (χ1v) is 12.5. The molecule has 0 aromatic heterocycles. The lowest BCUT2D eigenvalue weighted by Crippen LogP contribution is -2.29. The maximum absolute atomic E-state index is 13.0. The first-order chi connectivity index (χ1) is 17.7. The van der Waals surface area contributed by atoms with E-state index in [0.29, 0.717) is 22.0 Å². The van der Waals surface area contributed by atoms with E-state index in [2.05, 4.69) is 23.3 Å². The molecule has 3 rings (SSSR count). The van der Waals surface area contributed by atoms with Crippen molar-refractivity contribution in [1.82, 2.24) is 5.32 Å². The molecular weight excluding hydrogens is 490 g/mol. The van der Waals surface area contributed by atoms with Crippen molar-refractivity contribution in [1.29, 1.82) is 5.26 Å². The van der Waals surface area contributed by atoms with Crippen molar-refractivity contribution in [2.45, 2.75) is 26.7 Å². The Hall–Kier alpha value is -4.16. The van der Waals surface area contributed by atoms with Crippen molar-refractivity contribution in [2.75, 3.05) is 24.8 Å². The largest absolute Gasteiger partial charge is 0.504 e. The number of hydrogen-bond acceptors (Lipinski definition) is 8. The number of hydrogen-bond donors (Lipinski definition) is 3. The highest BCUT2D eigenvalue weighted by molar-refractivity contribution is 8.03. The molecule has 0 aliphatic carbocycles. The highest BCUT2D eigenvalue weighted by Gasteiger charge is 2.36. The number of phenols is 1. The van der Waals surface area contributed by atoms with E-state index in [0.717, 1.165) is 22.9 Å². The van der Waals surface area contributed by atoms with Crippen molar-refractivity contribution in [3.05, 3.63) is 87.6 Å². The molecule has 0 saturated carbocycles. The molecule has 0 radical (unpaired) electrons. The number of nitrogens with one attached hydrogen (secondary N) is 2. The SMILES string of the molecule is C=CCOC(=O)C1=C(C)NC(SCC(=O)Nc2ccc(C)c(C)c2)=C(C#N)C1c1ccc(O)c(OC)c1. The predicted molar refractivity (Wildman–Crippen MR) is 144 cm³/mol. The minimum atomic E-state index is -0.802. The molecule has 2 aromatic carbocycles. The van der Waals surface area contributed by atoms with Gasteiger partial charge in [0.1, 0.15) is 6.61 Å². The molecule has 1 heterocycles. The Morgan fingerprint density at radius 1 is 1.22 bits per heavy atom. The molecule has 192 valence electrons. The van der Waals surface area contributed by atoms with Crippen LogP contribution in [0.1, 0.15) is 29.5 Å². The molecule has 1 atom stereocenters. The molecular formula is C28H29N3O5S. The van der Waals surface area contributed by atoms with Crippen LogP contribution >= 0.6 is 11.8 Å². The summed E-state index contributed by atoms with van der Waals surface area (Å²) < 4.78 is 10.5. The fourth-order valence-electron chi connectivity index (χ4n) is 3.87. The maximum Gasteiger partial charge on any atom is 0.337 e. The number of aromatic hydroxyl groups is 1. The minimum absolute atomic E-state index is 0.00704. The van der Waals surface area contributed by atoms with E-state index >= 15 is 0 Å². The maximum atomic E-state index is 13.0. The molecule has 0 fully saturated rings. The van der Waals surface area contributed by atoms with Crippen LogP contribution in [0.4, 0.5) is 5.69 Å². The van der Waals surface area contributed by atoms with Gasteiger partial charge in [0, 0.05) is 11.4 Å². The highest BCUT2D eigenvalue weighted by atomic mass is 32.2. The number of carbonyl (C=O) groups is 2. The summed E-state index contributed by atoms with van der Waals surface area (Å²) in [5, 5.41) is 26.7. The molecule has 1 aliphatic rings. The van der Waals surface area contributed by atoms with E-state index in [1.54, 1.807) is 19.1 Å². The number of dihydropyridines is 1. The lowest BCUT2D eigenvalue weighted by atomic mass is 9.82. The predicted octanol–water partition coefficient (Wildman–Crippen LogP) is 4.81. The quantitative estimate of drug-likeness (QED) is 0.319. The van der Waals surface area contributed by atoms with Crippen molar-refractivity contribution < 1.29 is 24.2 Å². The Balaban J connectivity index is 1.94. The molecule has 3 N–H and O–H groups in total. The molecule has 0 bridgehead atoms. The zero-order valence-corrected chi connectivity index (χ0v) is 22.0. The van der Waals surface area contributed by atoms with Gasteiger partial charge in [-0.1, -0.05) is 36.5 Å². The number of phenolic OH excluding ortho intramolecular Hbond substituents is 1. The van der Waals surface area contributed by atoms with E-state index in [1.165, 1.54) is 19.3 Å². The second kappa shape index (κ2) is 12.2. The number of benzene rings is 2. The van der Waals surface area contributed by atoms with Gasteiger partial charge in [-0.25, -0.2) is 4.79 Å². The van der Waals surface area contributed by atoms with E-state index in [-0.39, 0.29) is 40.9 Å². The van der Waals surface area contributed by atoms with Gasteiger partial charge in [-0.05, 0) is 61.7 Å². The van der Waals surface area contributed by atoms with Crippen molar-refractivity contribution in [2.24, 2.45) is 0 Å². The van der Waals surface area contributed by atoms with Crippen LogP contribution in [0.5, 0.6) is 11.5 Å². The van der Waals surface area contributed by atoms with Crippen LogP contribution in [0.3, 0.4) is 0 Å². The summed E-state index contributed by atoms with van der Waals surface area (Å²) in [5.41, 5.74) is 4.42. The Kier molecular flexibility index (Phi) is 9.04. The van der Waals surface area contributed by atoms with E-state index in [9.17, 15) is 20.0 Å². The summed E-state index contributed by atoms with van der Waals surface area (Å²) in [6.07, 6.45) is 1.46. The van der Waals surface area contributed by atoms with Crippen LogP contribution in [-0.2, 0) is 14.3 Å². The third-order valence-electron chi connectivity index (χ3n) is 5.88. The van der Waals surface area contributed by atoms with Crippen LogP contribution in [0.15, 0.2) is 70.9 Å².